The highest BCUT2D eigenvalue weighted by Gasteiger charge is 2.09. The van der Waals surface area contributed by atoms with Crippen LogP contribution < -0.4 is 5.32 Å². The summed E-state index contributed by atoms with van der Waals surface area (Å²) < 4.78 is 4.80. The van der Waals surface area contributed by atoms with E-state index in [9.17, 15) is 9.90 Å². The molecule has 0 saturated carbocycles. The van der Waals surface area contributed by atoms with Gasteiger partial charge < -0.3 is 15.2 Å². The van der Waals surface area contributed by atoms with Crippen LogP contribution in [0.1, 0.15) is 15.9 Å². The minimum absolute atomic E-state index is 0.00455. The standard InChI is InChI=1S/C11H15NO3/c1-8-3-4-9(10(13)7-8)11(14)12-5-6-15-2/h3-4,7,13H,5-6H2,1-2H3,(H,12,14). The van der Waals surface area contributed by atoms with Crippen LogP contribution in [0.2, 0.25) is 0 Å². The summed E-state index contributed by atoms with van der Waals surface area (Å²) in [5.74, 6) is -0.283. The minimum Gasteiger partial charge on any atom is -0.507 e. The number of methoxy groups -OCH3 is 1. The molecule has 0 unspecified atom stereocenters. The largest absolute Gasteiger partial charge is 0.507 e. The lowest BCUT2D eigenvalue weighted by molar-refractivity contribution is 0.0934. The first-order valence-corrected chi connectivity index (χ1v) is 4.72. The number of carbonyl (C=O) groups excluding carboxylic acids is 1. The van der Waals surface area contributed by atoms with Crippen molar-refractivity contribution in [2.24, 2.45) is 0 Å². The zero-order valence-electron chi connectivity index (χ0n) is 8.91. The van der Waals surface area contributed by atoms with Gasteiger partial charge in [0.2, 0.25) is 0 Å². The average Bonchev–Trinajstić information content (AvgIpc) is 2.17. The van der Waals surface area contributed by atoms with E-state index in [1.807, 2.05) is 6.92 Å². The first-order chi connectivity index (χ1) is 7.15. The number of phenolic OH excluding ortho intramolecular Hbond substituents is 1. The highest BCUT2D eigenvalue weighted by atomic mass is 16.5. The Morgan fingerprint density at radius 1 is 1.53 bits per heavy atom. The van der Waals surface area contributed by atoms with Crippen LogP contribution in [-0.4, -0.2) is 31.3 Å². The Bertz CT molecular complexity index is 350. The Balaban J connectivity index is 2.65. The van der Waals surface area contributed by atoms with E-state index in [0.29, 0.717) is 13.2 Å². The van der Waals surface area contributed by atoms with Gasteiger partial charge in [0, 0.05) is 13.7 Å². The maximum atomic E-state index is 11.5. The molecule has 0 spiro atoms. The van der Waals surface area contributed by atoms with Crippen LogP contribution in [0.5, 0.6) is 5.75 Å². The molecule has 0 aliphatic rings. The molecule has 0 saturated heterocycles. The van der Waals surface area contributed by atoms with Crippen LogP contribution in [0, 0.1) is 6.92 Å². The molecule has 1 amide bonds. The van der Waals surface area contributed by atoms with Crippen molar-refractivity contribution in [1.29, 1.82) is 0 Å². The van der Waals surface area contributed by atoms with E-state index in [1.165, 1.54) is 0 Å². The summed E-state index contributed by atoms with van der Waals surface area (Å²) in [6.07, 6.45) is 0. The molecule has 4 nitrogen and oxygen atoms in total. The molecule has 1 aromatic carbocycles. The molecule has 2 N–H and O–H groups in total. The topological polar surface area (TPSA) is 58.6 Å². The van der Waals surface area contributed by atoms with E-state index in [1.54, 1.807) is 25.3 Å². The van der Waals surface area contributed by atoms with E-state index in [0.717, 1.165) is 5.56 Å². The average molecular weight is 209 g/mol. The first kappa shape index (κ1) is 11.5. The molecule has 0 aliphatic heterocycles. The smallest absolute Gasteiger partial charge is 0.255 e. The van der Waals surface area contributed by atoms with Crippen molar-refractivity contribution in [2.75, 3.05) is 20.3 Å². The molecule has 0 heterocycles. The van der Waals surface area contributed by atoms with Gasteiger partial charge >= 0.3 is 0 Å². The molecule has 15 heavy (non-hydrogen) atoms. The number of phenols is 1. The van der Waals surface area contributed by atoms with Gasteiger partial charge in [-0.05, 0) is 24.6 Å². The van der Waals surface area contributed by atoms with Crippen molar-refractivity contribution in [3.63, 3.8) is 0 Å². The second kappa shape index (κ2) is 5.36. The lowest BCUT2D eigenvalue weighted by Crippen LogP contribution is -2.26. The third-order valence-electron chi connectivity index (χ3n) is 1.99. The maximum absolute atomic E-state index is 11.5. The summed E-state index contributed by atoms with van der Waals surface area (Å²) in [5, 5.41) is 12.2. The fourth-order valence-electron chi connectivity index (χ4n) is 1.20. The lowest BCUT2D eigenvalue weighted by Gasteiger charge is -2.06. The number of aromatic hydroxyl groups is 1. The van der Waals surface area contributed by atoms with Gasteiger partial charge in [-0.1, -0.05) is 6.07 Å². The molecule has 0 fully saturated rings. The van der Waals surface area contributed by atoms with Crippen LogP contribution in [0.4, 0.5) is 0 Å². The fraction of sp³-hybridized carbons (Fsp3) is 0.364. The summed E-state index contributed by atoms with van der Waals surface area (Å²) in [4.78, 5) is 11.5. The number of carbonyl (C=O) groups is 1. The van der Waals surface area contributed by atoms with Gasteiger partial charge in [0.25, 0.3) is 5.91 Å². The summed E-state index contributed by atoms with van der Waals surface area (Å²) >= 11 is 0. The number of nitrogens with one attached hydrogen (secondary N) is 1. The predicted octanol–water partition coefficient (Wildman–Crippen LogP) is 1.08. The highest BCUT2D eigenvalue weighted by Crippen LogP contribution is 2.17. The summed E-state index contributed by atoms with van der Waals surface area (Å²) in [6, 6.07) is 4.95. The summed E-state index contributed by atoms with van der Waals surface area (Å²) in [6.45, 7) is 2.74. The third-order valence-corrected chi connectivity index (χ3v) is 1.99. The van der Waals surface area contributed by atoms with Crippen molar-refractivity contribution < 1.29 is 14.6 Å². The number of rotatable bonds is 4. The monoisotopic (exact) mass is 209 g/mol. The Labute approximate surface area is 88.9 Å². The van der Waals surface area contributed by atoms with E-state index in [2.05, 4.69) is 5.32 Å². The normalized spacial score (nSPS) is 10.0. The number of hydrogen-bond acceptors (Lipinski definition) is 3. The van der Waals surface area contributed by atoms with E-state index in [-0.39, 0.29) is 17.2 Å². The Morgan fingerprint density at radius 3 is 2.87 bits per heavy atom. The Hall–Kier alpha value is -1.55. The lowest BCUT2D eigenvalue weighted by atomic mass is 10.1. The summed E-state index contributed by atoms with van der Waals surface area (Å²) in [5.41, 5.74) is 1.21. The number of benzene rings is 1. The Morgan fingerprint density at radius 2 is 2.27 bits per heavy atom. The second-order valence-corrected chi connectivity index (χ2v) is 3.27. The third kappa shape index (κ3) is 3.25. The van der Waals surface area contributed by atoms with Crippen LogP contribution in [0.25, 0.3) is 0 Å². The molecule has 0 aromatic heterocycles. The number of aryl methyl sites for hydroxylation is 1. The molecule has 4 heteroatoms. The number of hydrogen-bond donors (Lipinski definition) is 2. The van der Waals surface area contributed by atoms with Crippen molar-refractivity contribution in [3.8, 4) is 5.75 Å². The van der Waals surface area contributed by atoms with Gasteiger partial charge in [0.05, 0.1) is 12.2 Å². The molecular weight excluding hydrogens is 194 g/mol. The molecular formula is C11H15NO3. The molecule has 0 aliphatic carbocycles. The molecule has 82 valence electrons. The summed E-state index contributed by atoms with van der Waals surface area (Å²) in [7, 11) is 1.56. The van der Waals surface area contributed by atoms with Crippen molar-refractivity contribution in [2.45, 2.75) is 6.92 Å². The Kier molecular flexibility index (Phi) is 4.12. The fourth-order valence-corrected chi connectivity index (χ4v) is 1.20. The van der Waals surface area contributed by atoms with Crippen molar-refractivity contribution in [3.05, 3.63) is 29.3 Å². The highest BCUT2D eigenvalue weighted by molar-refractivity contribution is 5.96. The predicted molar refractivity (Wildman–Crippen MR) is 57.1 cm³/mol. The van der Waals surface area contributed by atoms with E-state index < -0.39 is 0 Å². The van der Waals surface area contributed by atoms with Crippen LogP contribution in [0.3, 0.4) is 0 Å². The van der Waals surface area contributed by atoms with Gasteiger partial charge in [-0.25, -0.2) is 0 Å². The van der Waals surface area contributed by atoms with Crippen LogP contribution in [0.15, 0.2) is 18.2 Å². The second-order valence-electron chi connectivity index (χ2n) is 3.27. The number of ether oxygens (including phenoxy) is 1. The van der Waals surface area contributed by atoms with Crippen LogP contribution >= 0.6 is 0 Å². The van der Waals surface area contributed by atoms with Gasteiger partial charge in [0.1, 0.15) is 5.75 Å². The van der Waals surface area contributed by atoms with Gasteiger partial charge in [-0.2, -0.15) is 0 Å². The van der Waals surface area contributed by atoms with Gasteiger partial charge in [-0.3, -0.25) is 4.79 Å². The number of amides is 1. The van der Waals surface area contributed by atoms with Crippen molar-refractivity contribution in [1.82, 2.24) is 5.32 Å². The maximum Gasteiger partial charge on any atom is 0.255 e. The van der Waals surface area contributed by atoms with Gasteiger partial charge in [0.15, 0.2) is 0 Å². The molecule has 1 rings (SSSR count). The van der Waals surface area contributed by atoms with Crippen LogP contribution in [-0.2, 0) is 4.74 Å². The zero-order valence-corrected chi connectivity index (χ0v) is 8.91. The van der Waals surface area contributed by atoms with Crippen molar-refractivity contribution >= 4 is 5.91 Å². The minimum atomic E-state index is -0.287. The zero-order chi connectivity index (χ0) is 11.3. The quantitative estimate of drug-likeness (QED) is 0.729. The molecule has 1 aromatic rings. The molecule has 0 bridgehead atoms. The SMILES string of the molecule is COCCNC(=O)c1ccc(C)cc1O. The first-order valence-electron chi connectivity index (χ1n) is 4.72. The van der Waals surface area contributed by atoms with E-state index >= 15 is 0 Å². The molecule has 0 radical (unpaired) electrons. The van der Waals surface area contributed by atoms with Gasteiger partial charge in [-0.15, -0.1) is 0 Å². The van der Waals surface area contributed by atoms with E-state index in [4.69, 9.17) is 4.74 Å². The molecule has 0 atom stereocenters.